The summed E-state index contributed by atoms with van der Waals surface area (Å²) in [5, 5.41) is 0. The third-order valence-corrected chi connectivity index (χ3v) is 5.23. The summed E-state index contributed by atoms with van der Waals surface area (Å²) in [5.74, 6) is 0.915. The van der Waals surface area contributed by atoms with Crippen molar-refractivity contribution in [3.63, 3.8) is 0 Å². The average Bonchev–Trinajstić information content (AvgIpc) is 3.38. The van der Waals surface area contributed by atoms with Crippen molar-refractivity contribution >= 4 is 11.8 Å². The summed E-state index contributed by atoms with van der Waals surface area (Å²) in [6.45, 7) is 4.57. The Morgan fingerprint density at radius 2 is 1.72 bits per heavy atom. The van der Waals surface area contributed by atoms with E-state index in [0.29, 0.717) is 62.0 Å². The highest BCUT2D eigenvalue weighted by Gasteiger charge is 2.26. The second kappa shape index (κ2) is 10.00. The van der Waals surface area contributed by atoms with E-state index < -0.39 is 0 Å². The van der Waals surface area contributed by atoms with E-state index in [4.69, 9.17) is 13.9 Å². The van der Waals surface area contributed by atoms with E-state index in [1.165, 1.54) is 12.5 Å². The molecule has 3 heterocycles. The zero-order valence-electron chi connectivity index (χ0n) is 17.9. The molecule has 4 rings (SSSR count). The van der Waals surface area contributed by atoms with Gasteiger partial charge in [0.1, 0.15) is 12.9 Å². The molecule has 2 amide bonds. The van der Waals surface area contributed by atoms with E-state index >= 15 is 0 Å². The third kappa shape index (κ3) is 4.91. The first kappa shape index (κ1) is 21.4. The summed E-state index contributed by atoms with van der Waals surface area (Å²) in [6, 6.07) is 10.6. The van der Waals surface area contributed by atoms with Crippen molar-refractivity contribution in [2.45, 2.75) is 13.5 Å². The highest BCUT2D eigenvalue weighted by molar-refractivity contribution is 5.96. The molecule has 0 N–H and O–H groups in total. The molecule has 1 fully saturated rings. The Balaban J connectivity index is 1.40. The Kier molecular flexibility index (Phi) is 6.69. The monoisotopic (exact) mass is 435 g/mol. The smallest absolute Gasteiger partial charge is 0.257 e. The minimum absolute atomic E-state index is 0.0837. The molecule has 0 aliphatic carbocycles. The molecule has 8 nitrogen and oxygen atoms in total. The Hall–Kier alpha value is -3.81. The molecule has 32 heavy (non-hydrogen) atoms. The molecule has 0 bridgehead atoms. The molecule has 2 aromatic heterocycles. The topological polar surface area (TPSA) is 85.1 Å². The number of hydrogen-bond acceptors (Lipinski definition) is 6. The van der Waals surface area contributed by atoms with E-state index in [9.17, 15) is 9.59 Å². The van der Waals surface area contributed by atoms with Crippen LogP contribution in [0.1, 0.15) is 33.2 Å². The van der Waals surface area contributed by atoms with Crippen LogP contribution in [0.15, 0.2) is 65.7 Å². The predicted molar refractivity (Wildman–Crippen MR) is 117 cm³/mol. The molecule has 1 aliphatic heterocycles. The Bertz CT molecular complexity index is 1040. The largest absolute Gasteiger partial charge is 0.490 e. The molecule has 1 aromatic carbocycles. The molecule has 0 spiro atoms. The van der Waals surface area contributed by atoms with Crippen molar-refractivity contribution in [3.05, 3.63) is 78.0 Å². The van der Waals surface area contributed by atoms with Gasteiger partial charge < -0.3 is 23.7 Å². The minimum Gasteiger partial charge on any atom is -0.490 e. The van der Waals surface area contributed by atoms with Crippen LogP contribution in [0.5, 0.6) is 11.5 Å². The number of benzene rings is 1. The van der Waals surface area contributed by atoms with Gasteiger partial charge in [0.05, 0.1) is 18.4 Å². The van der Waals surface area contributed by atoms with Crippen molar-refractivity contribution in [1.82, 2.24) is 14.8 Å². The van der Waals surface area contributed by atoms with Gasteiger partial charge in [-0.3, -0.25) is 14.6 Å². The lowest BCUT2D eigenvalue weighted by atomic mass is 10.1. The number of ether oxygens (including phenoxy) is 2. The van der Waals surface area contributed by atoms with E-state index in [-0.39, 0.29) is 11.8 Å². The number of hydrogen-bond donors (Lipinski definition) is 0. The van der Waals surface area contributed by atoms with Crippen LogP contribution in [-0.4, -0.2) is 59.4 Å². The molecule has 3 aromatic rings. The van der Waals surface area contributed by atoms with E-state index in [1.54, 1.807) is 46.5 Å². The molecular weight excluding hydrogens is 410 g/mol. The van der Waals surface area contributed by atoms with Crippen molar-refractivity contribution < 1.29 is 23.5 Å². The van der Waals surface area contributed by atoms with Gasteiger partial charge in [-0.25, -0.2) is 0 Å². The van der Waals surface area contributed by atoms with E-state index in [1.807, 2.05) is 19.1 Å². The Labute approximate surface area is 186 Å². The summed E-state index contributed by atoms with van der Waals surface area (Å²) < 4.78 is 16.6. The fourth-order valence-corrected chi connectivity index (χ4v) is 3.54. The lowest BCUT2D eigenvalue weighted by molar-refractivity contribution is 0.0535. The zero-order chi connectivity index (χ0) is 22.3. The lowest BCUT2D eigenvalue weighted by Gasteiger charge is -2.34. The average molecular weight is 435 g/mol. The second-order valence-corrected chi connectivity index (χ2v) is 7.34. The van der Waals surface area contributed by atoms with Crippen molar-refractivity contribution in [2.24, 2.45) is 0 Å². The minimum atomic E-state index is -0.0971. The number of amides is 2. The van der Waals surface area contributed by atoms with Gasteiger partial charge in [0.15, 0.2) is 11.5 Å². The first-order valence-electron chi connectivity index (χ1n) is 10.5. The molecule has 166 valence electrons. The summed E-state index contributed by atoms with van der Waals surface area (Å²) in [6.07, 6.45) is 6.37. The number of pyridine rings is 1. The standard InChI is InChI=1S/C24H25N3O5/c1-2-31-22-14-19(5-6-21(22)32-16-18-4-3-8-25-15-18)23(28)26-9-11-27(12-10-26)24(29)20-7-13-30-17-20/h3-8,13-15,17H,2,9-12,16H2,1H3. The van der Waals surface area contributed by atoms with Crippen LogP contribution in [0.2, 0.25) is 0 Å². The van der Waals surface area contributed by atoms with Crippen LogP contribution in [0.3, 0.4) is 0 Å². The van der Waals surface area contributed by atoms with Crippen molar-refractivity contribution in [1.29, 1.82) is 0 Å². The maximum absolute atomic E-state index is 13.1. The number of furan rings is 1. The van der Waals surface area contributed by atoms with Crippen LogP contribution in [0.4, 0.5) is 0 Å². The fourth-order valence-electron chi connectivity index (χ4n) is 3.54. The number of aromatic nitrogens is 1. The summed E-state index contributed by atoms with van der Waals surface area (Å²) in [4.78, 5) is 33.1. The predicted octanol–water partition coefficient (Wildman–Crippen LogP) is 3.25. The van der Waals surface area contributed by atoms with Crippen LogP contribution in [0.25, 0.3) is 0 Å². The first-order valence-corrected chi connectivity index (χ1v) is 10.5. The van der Waals surface area contributed by atoms with Gasteiger partial charge in [-0.15, -0.1) is 0 Å². The zero-order valence-corrected chi connectivity index (χ0v) is 17.9. The quantitative estimate of drug-likeness (QED) is 0.566. The summed E-state index contributed by atoms with van der Waals surface area (Å²) >= 11 is 0. The lowest BCUT2D eigenvalue weighted by Crippen LogP contribution is -2.50. The van der Waals surface area contributed by atoms with E-state index in [0.717, 1.165) is 5.56 Å². The molecule has 0 saturated carbocycles. The van der Waals surface area contributed by atoms with Crippen molar-refractivity contribution in [2.75, 3.05) is 32.8 Å². The molecule has 0 atom stereocenters. The van der Waals surface area contributed by atoms with Gasteiger partial charge in [-0.2, -0.15) is 0 Å². The molecule has 0 radical (unpaired) electrons. The van der Waals surface area contributed by atoms with Crippen LogP contribution in [-0.2, 0) is 6.61 Å². The summed E-state index contributed by atoms with van der Waals surface area (Å²) in [5.41, 5.74) is 1.99. The van der Waals surface area contributed by atoms with Gasteiger partial charge in [0, 0.05) is 49.7 Å². The fraction of sp³-hybridized carbons (Fsp3) is 0.292. The molecular formula is C24H25N3O5. The molecule has 8 heteroatoms. The normalized spacial score (nSPS) is 13.7. The maximum Gasteiger partial charge on any atom is 0.257 e. The summed E-state index contributed by atoms with van der Waals surface area (Å²) in [7, 11) is 0. The molecule has 1 aliphatic rings. The number of carbonyl (C=O) groups excluding carboxylic acids is 2. The number of nitrogens with zero attached hydrogens (tertiary/aromatic N) is 3. The van der Waals surface area contributed by atoms with Crippen molar-refractivity contribution in [3.8, 4) is 11.5 Å². The third-order valence-electron chi connectivity index (χ3n) is 5.23. The Morgan fingerprint density at radius 1 is 0.969 bits per heavy atom. The second-order valence-electron chi connectivity index (χ2n) is 7.34. The maximum atomic E-state index is 13.1. The SMILES string of the molecule is CCOc1cc(C(=O)N2CCN(C(=O)c3ccoc3)CC2)ccc1OCc1cccnc1. The van der Waals surface area contributed by atoms with Crippen LogP contribution in [0, 0.1) is 0 Å². The highest BCUT2D eigenvalue weighted by atomic mass is 16.5. The van der Waals surface area contributed by atoms with Crippen LogP contribution >= 0.6 is 0 Å². The van der Waals surface area contributed by atoms with Gasteiger partial charge in [-0.05, 0) is 37.3 Å². The highest BCUT2D eigenvalue weighted by Crippen LogP contribution is 2.30. The van der Waals surface area contributed by atoms with Crippen LogP contribution < -0.4 is 9.47 Å². The Morgan fingerprint density at radius 3 is 2.34 bits per heavy atom. The van der Waals surface area contributed by atoms with Gasteiger partial charge in [0.25, 0.3) is 11.8 Å². The molecule has 1 saturated heterocycles. The number of carbonyl (C=O) groups is 2. The number of piperazine rings is 1. The molecule has 0 unspecified atom stereocenters. The van der Waals surface area contributed by atoms with Gasteiger partial charge in [-0.1, -0.05) is 6.07 Å². The van der Waals surface area contributed by atoms with E-state index in [2.05, 4.69) is 4.98 Å². The first-order chi connectivity index (χ1) is 15.7. The van der Waals surface area contributed by atoms with Gasteiger partial charge in [0.2, 0.25) is 0 Å². The number of rotatable bonds is 7. The van der Waals surface area contributed by atoms with Gasteiger partial charge >= 0.3 is 0 Å².